The summed E-state index contributed by atoms with van der Waals surface area (Å²) in [6.45, 7) is 5.17. The first-order chi connectivity index (χ1) is 12.5. The molecule has 5 rings (SSSR count). The van der Waals surface area contributed by atoms with Gasteiger partial charge in [0.25, 0.3) is 0 Å². The lowest BCUT2D eigenvalue weighted by Crippen LogP contribution is -2.61. The minimum atomic E-state index is -3.25. The van der Waals surface area contributed by atoms with Gasteiger partial charge in [0.15, 0.2) is 0 Å². The first kappa shape index (κ1) is 19.1. The fraction of sp³-hybridized carbons (Fsp3) is 1.00. The van der Waals surface area contributed by atoms with Crippen LogP contribution in [0.5, 0.6) is 0 Å². The lowest BCUT2D eigenvalue weighted by atomic mass is 9.62. The number of morpholine rings is 1. The van der Waals surface area contributed by atoms with E-state index in [1.54, 1.807) is 0 Å². The van der Waals surface area contributed by atoms with Crippen LogP contribution in [0.15, 0.2) is 0 Å². The molecule has 2 heterocycles. The molecule has 2 bridgehead atoms. The summed E-state index contributed by atoms with van der Waals surface area (Å²) in [4.78, 5) is 2.44. The third-order valence-electron chi connectivity index (χ3n) is 7.47. The summed E-state index contributed by atoms with van der Waals surface area (Å²) >= 11 is 0. The third-order valence-corrected chi connectivity index (χ3v) is 9.05. The van der Waals surface area contributed by atoms with Crippen LogP contribution in [0.2, 0.25) is 0 Å². The molecule has 26 heavy (non-hydrogen) atoms. The number of rotatable bonds is 6. The van der Waals surface area contributed by atoms with Gasteiger partial charge in [0.05, 0.1) is 19.0 Å². The zero-order chi connectivity index (χ0) is 18.1. The minimum absolute atomic E-state index is 0.0440. The van der Waals surface area contributed by atoms with E-state index in [1.807, 2.05) is 0 Å². The van der Waals surface area contributed by atoms with Gasteiger partial charge in [-0.2, -0.15) is 0 Å². The molecule has 6 nitrogen and oxygen atoms in total. The number of nitrogens with one attached hydrogen (secondary N) is 1. The molecule has 2 saturated heterocycles. The number of ether oxygens (including phenoxy) is 2. The smallest absolute Gasteiger partial charge is 0.212 e. The van der Waals surface area contributed by atoms with Crippen LogP contribution in [-0.2, 0) is 19.5 Å². The maximum atomic E-state index is 13.0. The van der Waals surface area contributed by atoms with Crippen LogP contribution in [0.3, 0.4) is 0 Å². The highest BCUT2D eigenvalue weighted by Crippen LogP contribution is 2.50. The van der Waals surface area contributed by atoms with Gasteiger partial charge in [0.1, 0.15) is 0 Å². The van der Waals surface area contributed by atoms with Crippen molar-refractivity contribution in [1.29, 1.82) is 0 Å². The van der Waals surface area contributed by atoms with Gasteiger partial charge < -0.3 is 9.47 Å². The highest BCUT2D eigenvalue weighted by atomic mass is 32.2. The van der Waals surface area contributed by atoms with E-state index in [-0.39, 0.29) is 11.0 Å². The number of hydrogen-bond acceptors (Lipinski definition) is 5. The second-order valence-electron chi connectivity index (χ2n) is 9.00. The lowest BCUT2D eigenvalue weighted by Gasteiger charge is -2.48. The SMILES string of the molecule is O=S(=O)(CC12CCC(CC1)CC2)NCC1(N2CCOCC2)CCOCC1. The molecule has 0 spiro atoms. The number of sulfonamides is 1. The van der Waals surface area contributed by atoms with E-state index in [0.29, 0.717) is 25.5 Å². The van der Waals surface area contributed by atoms with Crippen LogP contribution in [-0.4, -0.2) is 70.7 Å². The summed E-state index contributed by atoms with van der Waals surface area (Å²) in [6.07, 6.45) is 8.76. The molecule has 150 valence electrons. The molecule has 0 atom stereocenters. The first-order valence-corrected chi connectivity index (χ1v) is 12.0. The van der Waals surface area contributed by atoms with Crippen LogP contribution in [0.25, 0.3) is 0 Å². The molecule has 0 aromatic heterocycles. The Balaban J connectivity index is 1.41. The molecular formula is C19H34N2O4S. The molecule has 3 aliphatic carbocycles. The van der Waals surface area contributed by atoms with Crippen molar-refractivity contribution in [3.05, 3.63) is 0 Å². The Labute approximate surface area is 158 Å². The Morgan fingerprint density at radius 3 is 2.08 bits per heavy atom. The number of fused-ring (bicyclic) bond motifs is 3. The Morgan fingerprint density at radius 2 is 1.46 bits per heavy atom. The zero-order valence-electron chi connectivity index (χ0n) is 15.9. The Morgan fingerprint density at radius 1 is 0.885 bits per heavy atom. The fourth-order valence-electron chi connectivity index (χ4n) is 5.65. The van der Waals surface area contributed by atoms with Crippen molar-refractivity contribution < 1.29 is 17.9 Å². The van der Waals surface area contributed by atoms with E-state index >= 15 is 0 Å². The largest absolute Gasteiger partial charge is 0.381 e. The second-order valence-corrected chi connectivity index (χ2v) is 10.8. The van der Waals surface area contributed by atoms with Crippen molar-refractivity contribution in [3.8, 4) is 0 Å². The molecule has 0 amide bonds. The number of nitrogens with zero attached hydrogens (tertiary/aromatic N) is 1. The van der Waals surface area contributed by atoms with E-state index in [0.717, 1.165) is 64.3 Å². The number of hydrogen-bond donors (Lipinski definition) is 1. The van der Waals surface area contributed by atoms with Gasteiger partial charge in [-0.25, -0.2) is 13.1 Å². The molecule has 0 aromatic rings. The normalized spacial score (nSPS) is 35.5. The van der Waals surface area contributed by atoms with Gasteiger partial charge in [-0.1, -0.05) is 0 Å². The Kier molecular flexibility index (Phi) is 5.64. The average Bonchev–Trinajstić information content (AvgIpc) is 2.69. The highest BCUT2D eigenvalue weighted by Gasteiger charge is 2.44. The van der Waals surface area contributed by atoms with Crippen molar-refractivity contribution in [2.24, 2.45) is 11.3 Å². The molecule has 5 fully saturated rings. The van der Waals surface area contributed by atoms with Gasteiger partial charge in [0, 0.05) is 38.4 Å². The summed E-state index contributed by atoms with van der Waals surface area (Å²) in [5.74, 6) is 1.18. The Bertz CT molecular complexity index is 561. The summed E-state index contributed by atoms with van der Waals surface area (Å²) in [5, 5.41) is 0. The van der Waals surface area contributed by atoms with Crippen molar-refractivity contribution >= 4 is 10.0 Å². The van der Waals surface area contributed by atoms with E-state index < -0.39 is 10.0 Å². The topological polar surface area (TPSA) is 67.9 Å². The van der Waals surface area contributed by atoms with E-state index in [2.05, 4.69) is 9.62 Å². The predicted octanol–water partition coefficient (Wildman–Crippen LogP) is 1.76. The van der Waals surface area contributed by atoms with Gasteiger partial charge in [-0.05, 0) is 62.7 Å². The van der Waals surface area contributed by atoms with Crippen LogP contribution in [0.4, 0.5) is 0 Å². The molecule has 5 aliphatic rings. The minimum Gasteiger partial charge on any atom is -0.381 e. The van der Waals surface area contributed by atoms with E-state index in [1.165, 1.54) is 19.3 Å². The molecule has 0 unspecified atom stereocenters. The fourth-order valence-corrected chi connectivity index (χ4v) is 7.48. The van der Waals surface area contributed by atoms with Crippen molar-refractivity contribution in [1.82, 2.24) is 9.62 Å². The van der Waals surface area contributed by atoms with Crippen LogP contribution < -0.4 is 4.72 Å². The second kappa shape index (κ2) is 7.66. The van der Waals surface area contributed by atoms with Crippen molar-refractivity contribution in [2.45, 2.75) is 56.9 Å². The highest BCUT2D eigenvalue weighted by molar-refractivity contribution is 7.89. The summed E-state index contributed by atoms with van der Waals surface area (Å²) in [6, 6.07) is 0. The van der Waals surface area contributed by atoms with Gasteiger partial charge in [0.2, 0.25) is 10.0 Å². The predicted molar refractivity (Wildman–Crippen MR) is 101 cm³/mol. The summed E-state index contributed by atoms with van der Waals surface area (Å²) < 4.78 is 40.0. The monoisotopic (exact) mass is 386 g/mol. The standard InChI is InChI=1S/C19H34N2O4S/c22-26(23,16-18-4-1-17(2-5-18)3-6-18)20-15-19(7-11-24-12-8-19)21-9-13-25-14-10-21/h17,20H,1-16H2. The molecule has 7 heteroatoms. The van der Waals surface area contributed by atoms with E-state index in [9.17, 15) is 8.42 Å². The zero-order valence-corrected chi connectivity index (χ0v) is 16.7. The quantitative estimate of drug-likeness (QED) is 0.753. The molecule has 0 radical (unpaired) electrons. The Hall–Kier alpha value is -0.210. The molecule has 0 aromatic carbocycles. The molecule has 1 N–H and O–H groups in total. The average molecular weight is 387 g/mol. The third kappa shape index (κ3) is 4.12. The summed E-state index contributed by atoms with van der Waals surface area (Å²) in [7, 11) is -3.25. The van der Waals surface area contributed by atoms with Crippen LogP contribution in [0.1, 0.15) is 51.4 Å². The maximum absolute atomic E-state index is 13.0. The molecule has 2 aliphatic heterocycles. The van der Waals surface area contributed by atoms with Gasteiger partial charge in [-0.15, -0.1) is 0 Å². The van der Waals surface area contributed by atoms with Gasteiger partial charge in [-0.3, -0.25) is 4.90 Å². The molecular weight excluding hydrogens is 352 g/mol. The first-order valence-electron chi connectivity index (χ1n) is 10.4. The lowest BCUT2D eigenvalue weighted by molar-refractivity contribution is -0.0683. The van der Waals surface area contributed by atoms with Crippen LogP contribution in [0, 0.1) is 11.3 Å². The molecule has 3 saturated carbocycles. The van der Waals surface area contributed by atoms with Crippen molar-refractivity contribution in [2.75, 3.05) is 51.8 Å². The van der Waals surface area contributed by atoms with E-state index in [4.69, 9.17) is 9.47 Å². The summed E-state index contributed by atoms with van der Waals surface area (Å²) in [5.41, 5.74) is -0.0701. The van der Waals surface area contributed by atoms with Crippen LogP contribution >= 0.6 is 0 Å². The van der Waals surface area contributed by atoms with Crippen molar-refractivity contribution in [3.63, 3.8) is 0 Å². The van der Waals surface area contributed by atoms with Gasteiger partial charge >= 0.3 is 0 Å². The maximum Gasteiger partial charge on any atom is 0.212 e.